The molecule has 0 atom stereocenters. The Labute approximate surface area is 174 Å². The number of rotatable bonds is 4. The Morgan fingerprint density at radius 1 is 1.13 bits per heavy atom. The summed E-state index contributed by atoms with van der Waals surface area (Å²) in [6, 6.07) is 3.67. The van der Waals surface area contributed by atoms with Gasteiger partial charge in [-0.05, 0) is 18.2 Å². The normalized spacial score (nSPS) is 14.1. The van der Waals surface area contributed by atoms with Crippen molar-refractivity contribution in [3.05, 3.63) is 63.7 Å². The van der Waals surface area contributed by atoms with Gasteiger partial charge in [0.25, 0.3) is 0 Å². The molecule has 0 radical (unpaired) electrons. The van der Waals surface area contributed by atoms with Crippen LogP contribution in [-0.4, -0.2) is 48.9 Å². The molecule has 2 N–H and O–H groups in total. The fourth-order valence-corrected chi connectivity index (χ4v) is 3.81. The molecule has 1 aromatic heterocycles. The summed E-state index contributed by atoms with van der Waals surface area (Å²) in [5, 5.41) is 12.3. The van der Waals surface area contributed by atoms with Crippen LogP contribution in [0.25, 0.3) is 16.6 Å². The van der Waals surface area contributed by atoms with E-state index in [1.807, 2.05) is 0 Å². The maximum Gasteiger partial charge on any atom is 0.341 e. The summed E-state index contributed by atoms with van der Waals surface area (Å²) < 4.78 is 49.8. The minimum absolute atomic E-state index is 0.0158. The lowest BCUT2D eigenvalue weighted by atomic mass is 10.1. The summed E-state index contributed by atoms with van der Waals surface area (Å²) in [7, 11) is 1.28. The SMILES string of the molecule is COc1c(N2CCNCC2)c(F)cc2c(=O)c(C(=O)O)cn(-c3ccc(F)cc3F)c12. The average molecular weight is 433 g/mol. The number of anilines is 1. The molecule has 0 amide bonds. The molecule has 4 rings (SSSR count). The van der Waals surface area contributed by atoms with E-state index in [9.17, 15) is 23.5 Å². The first kappa shape index (κ1) is 20.7. The highest BCUT2D eigenvalue weighted by molar-refractivity contribution is 5.97. The molecule has 31 heavy (non-hydrogen) atoms. The quantitative estimate of drug-likeness (QED) is 0.658. The number of methoxy groups -OCH3 is 1. The molecule has 0 unspecified atom stereocenters. The molecular formula is C21H18F3N3O4. The molecule has 3 aromatic rings. The summed E-state index contributed by atoms with van der Waals surface area (Å²) in [5.41, 5.74) is -1.78. The number of nitrogens with one attached hydrogen (secondary N) is 1. The van der Waals surface area contributed by atoms with Gasteiger partial charge in [0.1, 0.15) is 28.4 Å². The predicted octanol–water partition coefficient (Wildman–Crippen LogP) is 2.52. The first-order chi connectivity index (χ1) is 14.8. The van der Waals surface area contributed by atoms with E-state index in [0.717, 1.165) is 29.0 Å². The molecule has 162 valence electrons. The third kappa shape index (κ3) is 3.48. The van der Waals surface area contributed by atoms with Crippen LogP contribution in [0.5, 0.6) is 5.75 Å². The van der Waals surface area contributed by atoms with Crippen LogP contribution in [0.15, 0.2) is 35.3 Å². The van der Waals surface area contributed by atoms with Crippen LogP contribution in [-0.2, 0) is 0 Å². The number of aromatic nitrogens is 1. The Bertz CT molecular complexity index is 1250. The van der Waals surface area contributed by atoms with Gasteiger partial charge in [-0.15, -0.1) is 0 Å². The van der Waals surface area contributed by atoms with Crippen LogP contribution in [0.3, 0.4) is 0 Å². The lowest BCUT2D eigenvalue weighted by molar-refractivity contribution is 0.0695. The van der Waals surface area contributed by atoms with Crippen molar-refractivity contribution < 1.29 is 27.8 Å². The zero-order valence-corrected chi connectivity index (χ0v) is 16.4. The second kappa shape index (κ2) is 7.95. The molecule has 1 fully saturated rings. The van der Waals surface area contributed by atoms with Gasteiger partial charge in [-0.3, -0.25) is 4.79 Å². The van der Waals surface area contributed by atoms with Crippen LogP contribution in [0.1, 0.15) is 10.4 Å². The third-order valence-corrected chi connectivity index (χ3v) is 5.21. The number of benzene rings is 2. The Kier molecular flexibility index (Phi) is 5.32. The largest absolute Gasteiger partial charge is 0.492 e. The van der Waals surface area contributed by atoms with Gasteiger partial charge in [0, 0.05) is 38.4 Å². The topological polar surface area (TPSA) is 83.8 Å². The van der Waals surface area contributed by atoms with Crippen molar-refractivity contribution in [1.82, 2.24) is 9.88 Å². The Morgan fingerprint density at radius 3 is 2.45 bits per heavy atom. The fourth-order valence-electron chi connectivity index (χ4n) is 3.81. The molecule has 0 saturated carbocycles. The van der Waals surface area contributed by atoms with Crippen molar-refractivity contribution >= 4 is 22.6 Å². The third-order valence-electron chi connectivity index (χ3n) is 5.21. The highest BCUT2D eigenvalue weighted by atomic mass is 19.1. The van der Waals surface area contributed by atoms with Crippen LogP contribution in [0.4, 0.5) is 18.9 Å². The number of ether oxygens (including phenoxy) is 1. The number of carboxylic acid groups (broad SMARTS) is 1. The minimum Gasteiger partial charge on any atom is -0.492 e. The number of piperazine rings is 1. The van der Waals surface area contributed by atoms with Gasteiger partial charge in [-0.25, -0.2) is 18.0 Å². The van der Waals surface area contributed by atoms with Gasteiger partial charge in [0.2, 0.25) is 5.43 Å². The number of hydrogen-bond donors (Lipinski definition) is 2. The molecule has 1 aliphatic heterocycles. The molecule has 10 heteroatoms. The van der Waals surface area contributed by atoms with Gasteiger partial charge in [0.05, 0.1) is 18.2 Å². The van der Waals surface area contributed by atoms with Gasteiger partial charge in [-0.1, -0.05) is 0 Å². The van der Waals surface area contributed by atoms with Crippen molar-refractivity contribution in [1.29, 1.82) is 0 Å². The van der Waals surface area contributed by atoms with E-state index < -0.39 is 34.4 Å². The summed E-state index contributed by atoms with van der Waals surface area (Å²) >= 11 is 0. The number of carbonyl (C=O) groups is 1. The number of pyridine rings is 1. The van der Waals surface area contributed by atoms with E-state index in [-0.39, 0.29) is 28.0 Å². The number of nitrogens with zero attached hydrogens (tertiary/aromatic N) is 2. The van der Waals surface area contributed by atoms with Gasteiger partial charge in [-0.2, -0.15) is 0 Å². The number of fused-ring (bicyclic) bond motifs is 1. The number of carboxylic acids is 1. The fraction of sp³-hybridized carbons (Fsp3) is 0.238. The van der Waals surface area contributed by atoms with Gasteiger partial charge >= 0.3 is 5.97 Å². The Hall–Kier alpha value is -3.53. The Morgan fingerprint density at radius 2 is 1.84 bits per heavy atom. The van der Waals surface area contributed by atoms with Crippen LogP contribution < -0.4 is 20.4 Å². The molecular weight excluding hydrogens is 415 g/mol. The highest BCUT2D eigenvalue weighted by Gasteiger charge is 2.27. The second-order valence-electron chi connectivity index (χ2n) is 7.02. The predicted molar refractivity (Wildman–Crippen MR) is 108 cm³/mol. The van der Waals surface area contributed by atoms with E-state index in [1.165, 1.54) is 7.11 Å². The van der Waals surface area contributed by atoms with Crippen molar-refractivity contribution in [2.45, 2.75) is 0 Å². The second-order valence-corrected chi connectivity index (χ2v) is 7.02. The Balaban J connectivity index is 2.15. The molecule has 0 spiro atoms. The van der Waals surface area contributed by atoms with E-state index in [2.05, 4.69) is 5.32 Å². The summed E-state index contributed by atoms with van der Waals surface area (Å²) in [6.07, 6.45) is 0.936. The molecule has 2 heterocycles. The first-order valence-electron chi connectivity index (χ1n) is 9.43. The van der Waals surface area contributed by atoms with Crippen molar-refractivity contribution in [2.75, 3.05) is 38.2 Å². The van der Waals surface area contributed by atoms with E-state index >= 15 is 4.39 Å². The molecule has 7 nitrogen and oxygen atoms in total. The van der Waals surface area contributed by atoms with Crippen molar-refractivity contribution in [3.63, 3.8) is 0 Å². The molecule has 1 saturated heterocycles. The van der Waals surface area contributed by atoms with Crippen LogP contribution in [0.2, 0.25) is 0 Å². The van der Waals surface area contributed by atoms with Crippen molar-refractivity contribution in [3.8, 4) is 11.4 Å². The standard InChI is InChI=1S/C21H18F3N3O4/c1-31-20-17-12(9-15(24)18(20)26-6-4-25-5-7-26)19(28)13(21(29)30)10-27(17)16-3-2-11(22)8-14(16)23/h2-3,8-10,25H,4-7H2,1H3,(H,29,30). The zero-order chi connectivity index (χ0) is 22.3. The summed E-state index contributed by atoms with van der Waals surface area (Å²) in [4.78, 5) is 26.2. The van der Waals surface area contributed by atoms with E-state index in [0.29, 0.717) is 32.2 Å². The molecule has 1 aliphatic rings. The monoisotopic (exact) mass is 433 g/mol. The lowest BCUT2D eigenvalue weighted by Crippen LogP contribution is -2.44. The number of aromatic carboxylic acids is 1. The average Bonchev–Trinajstić information content (AvgIpc) is 2.74. The number of hydrogen-bond acceptors (Lipinski definition) is 5. The van der Waals surface area contributed by atoms with Gasteiger partial charge < -0.3 is 24.6 Å². The zero-order valence-electron chi connectivity index (χ0n) is 16.4. The number of halogens is 3. The maximum absolute atomic E-state index is 15.2. The van der Waals surface area contributed by atoms with Gasteiger partial charge in [0.15, 0.2) is 11.6 Å². The summed E-state index contributed by atoms with van der Waals surface area (Å²) in [6.45, 7) is 2.11. The molecule has 2 aromatic carbocycles. The van der Waals surface area contributed by atoms with E-state index in [1.54, 1.807) is 4.90 Å². The first-order valence-corrected chi connectivity index (χ1v) is 9.43. The smallest absolute Gasteiger partial charge is 0.341 e. The minimum atomic E-state index is -1.56. The highest BCUT2D eigenvalue weighted by Crippen LogP contribution is 2.39. The van der Waals surface area contributed by atoms with E-state index in [4.69, 9.17) is 4.74 Å². The molecule has 0 bridgehead atoms. The van der Waals surface area contributed by atoms with Crippen molar-refractivity contribution in [2.24, 2.45) is 0 Å². The van der Waals surface area contributed by atoms with Crippen LogP contribution >= 0.6 is 0 Å². The van der Waals surface area contributed by atoms with Crippen LogP contribution in [0, 0.1) is 17.5 Å². The summed E-state index contributed by atoms with van der Waals surface area (Å²) in [5.74, 6) is -4.19. The lowest BCUT2D eigenvalue weighted by Gasteiger charge is -2.31. The molecule has 0 aliphatic carbocycles. The maximum atomic E-state index is 15.2.